The maximum absolute atomic E-state index is 12.1. The topological polar surface area (TPSA) is 66.5 Å². The molecule has 1 aliphatic rings. The quantitative estimate of drug-likeness (QED) is 0.805. The molecule has 0 saturated carbocycles. The van der Waals surface area contributed by atoms with Crippen LogP contribution < -0.4 is 5.32 Å². The summed E-state index contributed by atoms with van der Waals surface area (Å²) in [7, 11) is -3.47. The summed E-state index contributed by atoms with van der Waals surface area (Å²) in [6.07, 6.45) is 6.58. The lowest BCUT2D eigenvalue weighted by Crippen LogP contribution is -2.52. The third-order valence-corrected chi connectivity index (χ3v) is 4.53. The van der Waals surface area contributed by atoms with E-state index >= 15 is 0 Å². The van der Waals surface area contributed by atoms with E-state index in [1.807, 2.05) is 24.3 Å². The number of carbonyl (C=O) groups is 1. The number of nitrogens with one attached hydrogen (secondary N) is 1. The summed E-state index contributed by atoms with van der Waals surface area (Å²) in [5, 5.41) is 2.55. The van der Waals surface area contributed by atoms with Crippen LogP contribution in [0.25, 0.3) is 0 Å². The van der Waals surface area contributed by atoms with E-state index in [-0.39, 0.29) is 19.0 Å². The van der Waals surface area contributed by atoms with E-state index in [4.69, 9.17) is 6.42 Å². The van der Waals surface area contributed by atoms with E-state index in [2.05, 4.69) is 11.2 Å². The molecule has 0 bridgehead atoms. The standard InChI is InChI=1S/C14H16N2O3S/c1-3-8-15-14(17)13-9-11-6-4-5-7-12(11)10-16(13)20(2,18)19/h1,4-7,13H,8-10H2,2H3,(H,15,17)/t13-/m0/s1. The van der Waals surface area contributed by atoms with Crippen LogP contribution in [-0.2, 0) is 27.8 Å². The minimum atomic E-state index is -3.47. The zero-order chi connectivity index (χ0) is 14.8. The first-order chi connectivity index (χ1) is 9.43. The van der Waals surface area contributed by atoms with Gasteiger partial charge >= 0.3 is 0 Å². The Morgan fingerprint density at radius 1 is 1.45 bits per heavy atom. The van der Waals surface area contributed by atoms with E-state index in [0.717, 1.165) is 17.4 Å². The summed E-state index contributed by atoms with van der Waals surface area (Å²) < 4.78 is 25.0. The first-order valence-corrected chi connectivity index (χ1v) is 8.03. The minimum absolute atomic E-state index is 0.0918. The second-order valence-corrected chi connectivity index (χ2v) is 6.65. The average molecular weight is 292 g/mol. The third-order valence-electron chi connectivity index (χ3n) is 3.30. The molecule has 2 rings (SSSR count). The molecule has 1 amide bonds. The van der Waals surface area contributed by atoms with Crippen molar-refractivity contribution >= 4 is 15.9 Å². The normalized spacial score (nSPS) is 18.9. The number of terminal acetylenes is 1. The van der Waals surface area contributed by atoms with Gasteiger partial charge in [-0.2, -0.15) is 4.31 Å². The molecule has 1 aromatic rings. The zero-order valence-electron chi connectivity index (χ0n) is 11.2. The first-order valence-electron chi connectivity index (χ1n) is 6.18. The number of carbonyl (C=O) groups excluding carboxylic acids is 1. The minimum Gasteiger partial charge on any atom is -0.344 e. The van der Waals surface area contributed by atoms with Crippen molar-refractivity contribution in [2.24, 2.45) is 0 Å². The van der Waals surface area contributed by atoms with Crippen molar-refractivity contribution in [2.75, 3.05) is 12.8 Å². The molecule has 0 unspecified atom stereocenters. The molecule has 0 spiro atoms. The molecule has 5 nitrogen and oxygen atoms in total. The Morgan fingerprint density at radius 2 is 2.10 bits per heavy atom. The molecule has 0 aliphatic carbocycles. The Kier molecular flexibility index (Phi) is 4.12. The largest absolute Gasteiger partial charge is 0.344 e. The number of nitrogens with zero attached hydrogens (tertiary/aromatic N) is 1. The summed E-state index contributed by atoms with van der Waals surface area (Å²) >= 11 is 0. The van der Waals surface area contributed by atoms with Gasteiger partial charge in [0.15, 0.2) is 0 Å². The molecule has 1 N–H and O–H groups in total. The Labute approximate surface area is 119 Å². The molecule has 1 heterocycles. The highest BCUT2D eigenvalue weighted by molar-refractivity contribution is 7.88. The van der Waals surface area contributed by atoms with Crippen molar-refractivity contribution < 1.29 is 13.2 Å². The van der Waals surface area contributed by atoms with Crippen LogP contribution in [0, 0.1) is 12.3 Å². The maximum atomic E-state index is 12.1. The highest BCUT2D eigenvalue weighted by Crippen LogP contribution is 2.25. The van der Waals surface area contributed by atoms with E-state index in [9.17, 15) is 13.2 Å². The molecule has 20 heavy (non-hydrogen) atoms. The van der Waals surface area contributed by atoms with Crippen LogP contribution in [0.4, 0.5) is 0 Å². The van der Waals surface area contributed by atoms with Gasteiger partial charge in [0.2, 0.25) is 15.9 Å². The molecule has 1 atom stereocenters. The van der Waals surface area contributed by atoms with Gasteiger partial charge in [-0.15, -0.1) is 6.42 Å². The lowest BCUT2D eigenvalue weighted by Gasteiger charge is -2.33. The number of benzene rings is 1. The summed E-state index contributed by atoms with van der Waals surface area (Å²) in [6.45, 7) is 0.303. The molecule has 1 aliphatic heterocycles. The number of hydrogen-bond acceptors (Lipinski definition) is 3. The second-order valence-electron chi connectivity index (χ2n) is 4.72. The third kappa shape index (κ3) is 3.00. The van der Waals surface area contributed by atoms with Gasteiger partial charge in [0.25, 0.3) is 0 Å². The highest BCUT2D eigenvalue weighted by Gasteiger charge is 2.36. The smallest absolute Gasteiger partial charge is 0.239 e. The number of rotatable bonds is 3. The Balaban J connectivity index is 2.33. The van der Waals surface area contributed by atoms with E-state index in [1.165, 1.54) is 4.31 Å². The van der Waals surface area contributed by atoms with Gasteiger partial charge in [0.1, 0.15) is 6.04 Å². The molecule has 0 saturated heterocycles. The van der Waals surface area contributed by atoms with E-state index < -0.39 is 16.1 Å². The molecule has 0 aromatic heterocycles. The molecular weight excluding hydrogens is 276 g/mol. The van der Waals surface area contributed by atoms with Crippen LogP contribution in [0.15, 0.2) is 24.3 Å². The van der Waals surface area contributed by atoms with Crippen molar-refractivity contribution in [3.8, 4) is 12.3 Å². The van der Waals surface area contributed by atoms with Crippen LogP contribution in [-0.4, -0.2) is 37.5 Å². The average Bonchev–Trinajstić information content (AvgIpc) is 2.42. The van der Waals surface area contributed by atoms with Crippen molar-refractivity contribution in [3.63, 3.8) is 0 Å². The van der Waals surface area contributed by atoms with Gasteiger partial charge in [-0.3, -0.25) is 4.79 Å². The van der Waals surface area contributed by atoms with Crippen LogP contribution >= 0.6 is 0 Å². The predicted molar refractivity (Wildman–Crippen MR) is 76.2 cm³/mol. The number of sulfonamides is 1. The van der Waals surface area contributed by atoms with Crippen molar-refractivity contribution in [1.82, 2.24) is 9.62 Å². The zero-order valence-corrected chi connectivity index (χ0v) is 12.0. The molecule has 0 radical (unpaired) electrons. The fourth-order valence-corrected chi connectivity index (χ4v) is 3.33. The Hall–Kier alpha value is -1.84. The van der Waals surface area contributed by atoms with Crippen LogP contribution in [0.1, 0.15) is 11.1 Å². The molecule has 106 valence electrons. The van der Waals surface area contributed by atoms with Crippen LogP contribution in [0.2, 0.25) is 0 Å². The molecule has 1 aromatic carbocycles. The molecular formula is C14H16N2O3S. The van der Waals surface area contributed by atoms with Gasteiger partial charge in [-0.1, -0.05) is 30.2 Å². The van der Waals surface area contributed by atoms with Crippen molar-refractivity contribution in [3.05, 3.63) is 35.4 Å². The summed E-state index contributed by atoms with van der Waals surface area (Å²) in [4.78, 5) is 12.1. The Bertz CT molecular complexity index is 661. The maximum Gasteiger partial charge on any atom is 0.239 e. The monoisotopic (exact) mass is 292 g/mol. The number of fused-ring (bicyclic) bond motifs is 1. The van der Waals surface area contributed by atoms with Crippen molar-refractivity contribution in [1.29, 1.82) is 0 Å². The lowest BCUT2D eigenvalue weighted by molar-refractivity contribution is -0.124. The van der Waals surface area contributed by atoms with Crippen LogP contribution in [0.5, 0.6) is 0 Å². The van der Waals surface area contributed by atoms with Gasteiger partial charge in [-0.25, -0.2) is 8.42 Å². The fraction of sp³-hybridized carbons (Fsp3) is 0.357. The lowest BCUT2D eigenvalue weighted by atomic mass is 9.95. The second kappa shape index (κ2) is 5.65. The SMILES string of the molecule is C#CCNC(=O)[C@@H]1Cc2ccccc2CN1S(C)(=O)=O. The Morgan fingerprint density at radius 3 is 2.70 bits per heavy atom. The van der Waals surface area contributed by atoms with Gasteiger partial charge < -0.3 is 5.32 Å². The highest BCUT2D eigenvalue weighted by atomic mass is 32.2. The van der Waals surface area contributed by atoms with Gasteiger partial charge in [-0.05, 0) is 17.5 Å². The summed E-state index contributed by atoms with van der Waals surface area (Å²) in [6, 6.07) is 6.79. The summed E-state index contributed by atoms with van der Waals surface area (Å²) in [5.41, 5.74) is 1.92. The number of hydrogen-bond donors (Lipinski definition) is 1. The van der Waals surface area contributed by atoms with Gasteiger partial charge in [0, 0.05) is 6.54 Å². The summed E-state index contributed by atoms with van der Waals surface area (Å²) in [5.74, 6) is 1.95. The first kappa shape index (κ1) is 14.6. The fourth-order valence-electron chi connectivity index (χ4n) is 2.33. The van der Waals surface area contributed by atoms with Gasteiger partial charge in [0.05, 0.1) is 12.8 Å². The predicted octanol–water partition coefficient (Wildman–Crippen LogP) is 0.122. The number of amides is 1. The molecule has 0 fully saturated rings. The van der Waals surface area contributed by atoms with Crippen LogP contribution in [0.3, 0.4) is 0 Å². The molecule has 6 heteroatoms. The van der Waals surface area contributed by atoms with E-state index in [1.54, 1.807) is 0 Å². The van der Waals surface area contributed by atoms with Crippen molar-refractivity contribution in [2.45, 2.75) is 19.0 Å². The van der Waals surface area contributed by atoms with E-state index in [0.29, 0.717) is 6.42 Å².